The lowest BCUT2D eigenvalue weighted by Gasteiger charge is -2.13. The minimum atomic E-state index is -0.315. The van der Waals surface area contributed by atoms with E-state index in [0.29, 0.717) is 29.2 Å². The number of carbonyl (C=O) groups is 3. The Balaban J connectivity index is 1.29. The van der Waals surface area contributed by atoms with Crippen molar-refractivity contribution in [3.05, 3.63) is 66.0 Å². The summed E-state index contributed by atoms with van der Waals surface area (Å²) in [7, 11) is 0. The van der Waals surface area contributed by atoms with E-state index in [9.17, 15) is 14.4 Å². The van der Waals surface area contributed by atoms with Crippen LogP contribution in [0.5, 0.6) is 0 Å². The smallest absolute Gasteiger partial charge is 0.261 e. The Morgan fingerprint density at radius 2 is 1.69 bits per heavy atom. The van der Waals surface area contributed by atoms with Crippen LogP contribution < -0.4 is 5.32 Å². The van der Waals surface area contributed by atoms with Crippen LogP contribution in [0.4, 0.5) is 5.69 Å². The van der Waals surface area contributed by atoms with Crippen molar-refractivity contribution in [3.8, 4) is 5.95 Å². The summed E-state index contributed by atoms with van der Waals surface area (Å²) >= 11 is 0. The predicted octanol–water partition coefficient (Wildman–Crippen LogP) is 1.99. The molecule has 9 nitrogen and oxygen atoms in total. The molecule has 0 unspecified atom stereocenters. The molecule has 29 heavy (non-hydrogen) atoms. The molecule has 2 aromatic heterocycles. The molecular formula is C20H18N6O3. The number of anilines is 1. The molecule has 3 heterocycles. The van der Waals surface area contributed by atoms with Gasteiger partial charge >= 0.3 is 0 Å². The molecule has 3 amide bonds. The second-order valence-corrected chi connectivity index (χ2v) is 6.58. The molecule has 0 saturated heterocycles. The predicted molar refractivity (Wildman–Crippen MR) is 104 cm³/mol. The van der Waals surface area contributed by atoms with E-state index < -0.39 is 0 Å². The molecule has 1 aliphatic heterocycles. The summed E-state index contributed by atoms with van der Waals surface area (Å²) in [6, 6.07) is 6.72. The summed E-state index contributed by atoms with van der Waals surface area (Å²) in [6.07, 6.45) is 6.97. The highest BCUT2D eigenvalue weighted by atomic mass is 16.2. The third-order valence-electron chi connectivity index (χ3n) is 4.63. The minimum Gasteiger partial charge on any atom is -0.323 e. The first-order chi connectivity index (χ1) is 14.0. The number of nitrogens with one attached hydrogen (secondary N) is 1. The summed E-state index contributed by atoms with van der Waals surface area (Å²) in [5.74, 6) is 0.352. The van der Waals surface area contributed by atoms with Crippen molar-refractivity contribution in [3.63, 3.8) is 0 Å². The van der Waals surface area contributed by atoms with Gasteiger partial charge in [-0.3, -0.25) is 23.9 Å². The van der Waals surface area contributed by atoms with Crippen molar-refractivity contribution in [2.45, 2.75) is 19.8 Å². The number of carbonyl (C=O) groups excluding carboxylic acids is 3. The van der Waals surface area contributed by atoms with Gasteiger partial charge in [-0.25, -0.2) is 15.0 Å². The number of amides is 3. The monoisotopic (exact) mass is 390 g/mol. The van der Waals surface area contributed by atoms with Crippen LogP contribution in [0.25, 0.3) is 5.95 Å². The Bertz CT molecular complexity index is 1050. The fourth-order valence-electron chi connectivity index (χ4n) is 3.16. The third-order valence-corrected chi connectivity index (χ3v) is 4.63. The van der Waals surface area contributed by atoms with Crippen molar-refractivity contribution in [1.29, 1.82) is 0 Å². The molecule has 1 N–H and O–H groups in total. The Morgan fingerprint density at radius 1 is 1.03 bits per heavy atom. The topological polar surface area (TPSA) is 110 Å². The zero-order valence-electron chi connectivity index (χ0n) is 15.7. The average Bonchev–Trinajstić information content (AvgIpc) is 3.26. The molecule has 0 spiro atoms. The zero-order valence-corrected chi connectivity index (χ0v) is 15.7. The van der Waals surface area contributed by atoms with Crippen LogP contribution >= 0.6 is 0 Å². The quantitative estimate of drug-likeness (QED) is 0.645. The number of rotatable bonds is 6. The largest absolute Gasteiger partial charge is 0.323 e. The lowest BCUT2D eigenvalue weighted by molar-refractivity contribution is -0.116. The van der Waals surface area contributed by atoms with Crippen molar-refractivity contribution in [1.82, 2.24) is 24.4 Å². The van der Waals surface area contributed by atoms with Gasteiger partial charge in [0, 0.05) is 25.4 Å². The summed E-state index contributed by atoms with van der Waals surface area (Å²) in [5, 5.41) is 2.72. The van der Waals surface area contributed by atoms with E-state index in [-0.39, 0.29) is 30.7 Å². The van der Waals surface area contributed by atoms with E-state index in [1.165, 1.54) is 17.3 Å². The SMILES string of the molecule is Cc1nccn1-c1ncc(NC(=O)CCCN2C(=O)c3ccccc3C2=O)cn1. The number of aromatic nitrogens is 4. The van der Waals surface area contributed by atoms with E-state index in [4.69, 9.17) is 0 Å². The number of nitrogens with zero attached hydrogens (tertiary/aromatic N) is 5. The molecule has 0 fully saturated rings. The maximum absolute atomic E-state index is 12.3. The number of fused-ring (bicyclic) bond motifs is 1. The lowest BCUT2D eigenvalue weighted by atomic mass is 10.1. The van der Waals surface area contributed by atoms with Crippen molar-refractivity contribution < 1.29 is 14.4 Å². The summed E-state index contributed by atoms with van der Waals surface area (Å²) in [6.45, 7) is 2.03. The fraction of sp³-hybridized carbons (Fsp3) is 0.200. The average molecular weight is 390 g/mol. The maximum atomic E-state index is 12.3. The van der Waals surface area contributed by atoms with E-state index in [2.05, 4.69) is 20.3 Å². The number of aryl methyl sites for hydroxylation is 1. The van der Waals surface area contributed by atoms with Crippen LogP contribution in [-0.2, 0) is 4.79 Å². The van der Waals surface area contributed by atoms with Gasteiger partial charge in [-0.1, -0.05) is 12.1 Å². The number of hydrogen-bond acceptors (Lipinski definition) is 6. The molecule has 9 heteroatoms. The molecule has 4 rings (SSSR count). The first-order valence-electron chi connectivity index (χ1n) is 9.12. The molecule has 1 aromatic carbocycles. The van der Waals surface area contributed by atoms with Gasteiger partial charge in [-0.2, -0.15) is 0 Å². The molecule has 0 bridgehead atoms. The van der Waals surface area contributed by atoms with Gasteiger partial charge in [0.2, 0.25) is 11.9 Å². The van der Waals surface area contributed by atoms with Crippen LogP contribution in [0.3, 0.4) is 0 Å². The van der Waals surface area contributed by atoms with Crippen molar-refractivity contribution in [2.24, 2.45) is 0 Å². The van der Waals surface area contributed by atoms with Gasteiger partial charge in [0.25, 0.3) is 11.8 Å². The Kier molecular flexibility index (Phi) is 4.86. The van der Waals surface area contributed by atoms with Gasteiger partial charge in [-0.15, -0.1) is 0 Å². The Morgan fingerprint density at radius 3 is 2.28 bits per heavy atom. The molecule has 0 radical (unpaired) electrons. The molecule has 0 saturated carbocycles. The normalized spacial score (nSPS) is 12.9. The standard InChI is InChI=1S/C20H18N6O3/c1-13-21-8-10-25(13)20-22-11-14(12-23-20)24-17(27)7-4-9-26-18(28)15-5-2-3-6-16(15)19(26)29/h2-3,5-6,8,10-12H,4,7,9H2,1H3,(H,24,27). The number of imidazole rings is 1. The zero-order chi connectivity index (χ0) is 20.4. The fourth-order valence-corrected chi connectivity index (χ4v) is 3.16. The van der Waals surface area contributed by atoms with Gasteiger partial charge in [0.05, 0.1) is 29.2 Å². The summed E-state index contributed by atoms with van der Waals surface area (Å²) in [4.78, 5) is 50.5. The van der Waals surface area contributed by atoms with Gasteiger partial charge in [0.1, 0.15) is 5.82 Å². The molecule has 3 aromatic rings. The van der Waals surface area contributed by atoms with Gasteiger partial charge in [0.15, 0.2) is 0 Å². The van der Waals surface area contributed by atoms with Crippen LogP contribution in [-0.4, -0.2) is 48.7 Å². The second kappa shape index (κ2) is 7.63. The number of imide groups is 1. The minimum absolute atomic E-state index is 0.162. The van der Waals surface area contributed by atoms with E-state index in [1.54, 1.807) is 41.2 Å². The first-order valence-corrected chi connectivity index (χ1v) is 9.12. The Hall–Kier alpha value is -3.88. The van der Waals surface area contributed by atoms with Crippen LogP contribution in [0.15, 0.2) is 49.1 Å². The second-order valence-electron chi connectivity index (χ2n) is 6.58. The van der Waals surface area contributed by atoms with Gasteiger partial charge < -0.3 is 5.32 Å². The highest BCUT2D eigenvalue weighted by Gasteiger charge is 2.34. The summed E-state index contributed by atoms with van der Waals surface area (Å²) < 4.78 is 1.73. The molecule has 0 atom stereocenters. The van der Waals surface area contributed by atoms with E-state index in [1.807, 2.05) is 6.92 Å². The highest BCUT2D eigenvalue weighted by molar-refractivity contribution is 6.21. The number of hydrogen-bond donors (Lipinski definition) is 1. The number of benzene rings is 1. The van der Waals surface area contributed by atoms with Crippen LogP contribution in [0.2, 0.25) is 0 Å². The van der Waals surface area contributed by atoms with Crippen LogP contribution in [0.1, 0.15) is 39.4 Å². The van der Waals surface area contributed by atoms with Gasteiger partial charge in [-0.05, 0) is 25.5 Å². The first kappa shape index (κ1) is 18.5. The van der Waals surface area contributed by atoms with E-state index >= 15 is 0 Å². The van der Waals surface area contributed by atoms with Crippen molar-refractivity contribution in [2.75, 3.05) is 11.9 Å². The van der Waals surface area contributed by atoms with E-state index in [0.717, 1.165) is 5.82 Å². The maximum Gasteiger partial charge on any atom is 0.261 e. The molecule has 146 valence electrons. The molecule has 0 aliphatic carbocycles. The molecular weight excluding hydrogens is 372 g/mol. The highest BCUT2D eigenvalue weighted by Crippen LogP contribution is 2.22. The Labute approximate surface area is 166 Å². The summed E-state index contributed by atoms with van der Waals surface area (Å²) in [5.41, 5.74) is 1.29. The van der Waals surface area contributed by atoms with Crippen LogP contribution in [0, 0.1) is 6.92 Å². The third kappa shape index (κ3) is 3.62. The lowest BCUT2D eigenvalue weighted by Crippen LogP contribution is -2.31. The van der Waals surface area contributed by atoms with Crippen molar-refractivity contribution >= 4 is 23.4 Å². The molecule has 1 aliphatic rings.